The van der Waals surface area contributed by atoms with Gasteiger partial charge in [0.05, 0.1) is 12.7 Å². The van der Waals surface area contributed by atoms with Crippen molar-refractivity contribution >= 4 is 11.6 Å². The van der Waals surface area contributed by atoms with Gasteiger partial charge in [-0.2, -0.15) is 0 Å². The molecular formula is C20H24N2O2. The summed E-state index contributed by atoms with van der Waals surface area (Å²) in [6, 6.07) is 16.0. The van der Waals surface area contributed by atoms with Gasteiger partial charge in [0.2, 0.25) is 0 Å². The molecule has 0 aromatic heterocycles. The molecule has 0 N–H and O–H groups in total. The molecule has 0 aliphatic carbocycles. The highest BCUT2D eigenvalue weighted by atomic mass is 16.5. The third-order valence-electron chi connectivity index (χ3n) is 4.62. The zero-order valence-corrected chi connectivity index (χ0v) is 14.4. The molecule has 1 heterocycles. The van der Waals surface area contributed by atoms with Crippen LogP contribution in [0.1, 0.15) is 22.8 Å². The first-order chi connectivity index (χ1) is 11.7. The van der Waals surface area contributed by atoms with Gasteiger partial charge in [-0.1, -0.05) is 37.3 Å². The lowest BCUT2D eigenvalue weighted by atomic mass is 10.1. The first-order valence-corrected chi connectivity index (χ1v) is 8.49. The predicted octanol–water partition coefficient (Wildman–Crippen LogP) is 3.22. The Kier molecular flexibility index (Phi) is 5.04. The Morgan fingerprint density at radius 1 is 1.00 bits per heavy atom. The molecule has 1 aliphatic rings. The van der Waals surface area contributed by atoms with Crippen molar-refractivity contribution < 1.29 is 9.53 Å². The SMILES string of the molecule is CCc1ccccc1N1CCN(C(=O)c2ccccc2OC)CC1. The lowest BCUT2D eigenvalue weighted by Gasteiger charge is -2.37. The molecule has 2 aromatic carbocycles. The van der Waals surface area contributed by atoms with Crippen LogP contribution < -0.4 is 9.64 Å². The number of piperazine rings is 1. The van der Waals surface area contributed by atoms with Gasteiger partial charge in [0, 0.05) is 31.9 Å². The van der Waals surface area contributed by atoms with E-state index in [0.29, 0.717) is 11.3 Å². The standard InChI is InChI=1S/C20H24N2O2/c1-3-16-8-4-6-10-18(16)21-12-14-22(15-13-21)20(23)17-9-5-7-11-19(17)24-2/h4-11H,3,12-15H2,1-2H3. The van der Waals surface area contributed by atoms with Crippen molar-refractivity contribution in [2.24, 2.45) is 0 Å². The highest BCUT2D eigenvalue weighted by Gasteiger charge is 2.24. The molecule has 4 nitrogen and oxygen atoms in total. The van der Waals surface area contributed by atoms with E-state index < -0.39 is 0 Å². The number of hydrogen-bond donors (Lipinski definition) is 0. The molecule has 0 bridgehead atoms. The average molecular weight is 324 g/mol. The Morgan fingerprint density at radius 2 is 1.67 bits per heavy atom. The Balaban J connectivity index is 1.70. The first kappa shape index (κ1) is 16.4. The van der Waals surface area contributed by atoms with Gasteiger partial charge in [0.1, 0.15) is 5.75 Å². The van der Waals surface area contributed by atoms with Crippen LogP contribution in [0.5, 0.6) is 5.75 Å². The molecular weight excluding hydrogens is 300 g/mol. The van der Waals surface area contributed by atoms with Gasteiger partial charge < -0.3 is 14.5 Å². The third kappa shape index (κ3) is 3.23. The topological polar surface area (TPSA) is 32.8 Å². The average Bonchev–Trinajstić information content (AvgIpc) is 2.67. The molecule has 1 saturated heterocycles. The van der Waals surface area contributed by atoms with E-state index in [4.69, 9.17) is 4.74 Å². The van der Waals surface area contributed by atoms with E-state index in [2.05, 4.69) is 36.1 Å². The van der Waals surface area contributed by atoms with E-state index in [9.17, 15) is 4.79 Å². The molecule has 3 rings (SSSR count). The minimum absolute atomic E-state index is 0.0517. The van der Waals surface area contributed by atoms with Crippen LogP contribution >= 0.6 is 0 Å². The molecule has 1 amide bonds. The molecule has 2 aromatic rings. The molecule has 1 fully saturated rings. The lowest BCUT2D eigenvalue weighted by molar-refractivity contribution is 0.0743. The normalized spacial score (nSPS) is 14.6. The lowest BCUT2D eigenvalue weighted by Crippen LogP contribution is -2.49. The summed E-state index contributed by atoms with van der Waals surface area (Å²) < 4.78 is 5.32. The molecule has 0 radical (unpaired) electrons. The number of carbonyl (C=O) groups excluding carboxylic acids is 1. The summed E-state index contributed by atoms with van der Waals surface area (Å²) in [5.74, 6) is 0.692. The van der Waals surface area contributed by atoms with Crippen LogP contribution in [0.25, 0.3) is 0 Å². The van der Waals surface area contributed by atoms with E-state index in [-0.39, 0.29) is 5.91 Å². The summed E-state index contributed by atoms with van der Waals surface area (Å²) in [5.41, 5.74) is 3.30. The van der Waals surface area contributed by atoms with Gasteiger partial charge in [0.15, 0.2) is 0 Å². The zero-order chi connectivity index (χ0) is 16.9. The Bertz CT molecular complexity index is 706. The number of aryl methyl sites for hydroxylation is 1. The number of nitrogens with zero attached hydrogens (tertiary/aromatic N) is 2. The van der Waals surface area contributed by atoms with Gasteiger partial charge in [-0.05, 0) is 30.2 Å². The Labute approximate surface area is 143 Å². The smallest absolute Gasteiger partial charge is 0.257 e. The second kappa shape index (κ2) is 7.39. The highest BCUT2D eigenvalue weighted by molar-refractivity contribution is 5.97. The van der Waals surface area contributed by atoms with E-state index in [0.717, 1.165) is 32.6 Å². The van der Waals surface area contributed by atoms with Crippen molar-refractivity contribution in [2.45, 2.75) is 13.3 Å². The van der Waals surface area contributed by atoms with Gasteiger partial charge in [-0.25, -0.2) is 0 Å². The molecule has 4 heteroatoms. The van der Waals surface area contributed by atoms with Gasteiger partial charge in [-0.15, -0.1) is 0 Å². The minimum atomic E-state index is 0.0517. The number of anilines is 1. The van der Waals surface area contributed by atoms with E-state index in [1.165, 1.54) is 11.3 Å². The fourth-order valence-corrected chi connectivity index (χ4v) is 3.26. The van der Waals surface area contributed by atoms with Crippen molar-refractivity contribution in [3.05, 3.63) is 59.7 Å². The largest absolute Gasteiger partial charge is 0.496 e. The molecule has 1 aliphatic heterocycles. The van der Waals surface area contributed by atoms with Crippen LogP contribution in [-0.2, 0) is 6.42 Å². The maximum Gasteiger partial charge on any atom is 0.257 e. The fraction of sp³-hybridized carbons (Fsp3) is 0.350. The number of hydrogen-bond acceptors (Lipinski definition) is 3. The molecule has 0 saturated carbocycles. The minimum Gasteiger partial charge on any atom is -0.496 e. The number of ether oxygens (including phenoxy) is 1. The molecule has 0 spiro atoms. The Hall–Kier alpha value is -2.49. The van der Waals surface area contributed by atoms with Crippen molar-refractivity contribution in [1.29, 1.82) is 0 Å². The van der Waals surface area contributed by atoms with Crippen LogP contribution in [0.3, 0.4) is 0 Å². The predicted molar refractivity (Wildman–Crippen MR) is 96.9 cm³/mol. The zero-order valence-electron chi connectivity index (χ0n) is 14.4. The van der Waals surface area contributed by atoms with Crippen molar-refractivity contribution in [2.75, 3.05) is 38.2 Å². The van der Waals surface area contributed by atoms with Crippen molar-refractivity contribution in [1.82, 2.24) is 4.90 Å². The summed E-state index contributed by atoms with van der Waals surface area (Å²) >= 11 is 0. The van der Waals surface area contributed by atoms with Gasteiger partial charge >= 0.3 is 0 Å². The quantitative estimate of drug-likeness (QED) is 0.866. The third-order valence-corrected chi connectivity index (χ3v) is 4.62. The molecule has 24 heavy (non-hydrogen) atoms. The Morgan fingerprint density at radius 3 is 2.38 bits per heavy atom. The monoisotopic (exact) mass is 324 g/mol. The number of carbonyl (C=O) groups is 1. The highest BCUT2D eigenvalue weighted by Crippen LogP contribution is 2.24. The maximum absolute atomic E-state index is 12.8. The van der Waals surface area contributed by atoms with Crippen molar-refractivity contribution in [3.63, 3.8) is 0 Å². The van der Waals surface area contributed by atoms with Crippen molar-refractivity contribution in [3.8, 4) is 5.75 Å². The number of para-hydroxylation sites is 2. The van der Waals surface area contributed by atoms with Crippen LogP contribution in [0.2, 0.25) is 0 Å². The number of benzene rings is 2. The van der Waals surface area contributed by atoms with Crippen LogP contribution in [-0.4, -0.2) is 44.1 Å². The molecule has 0 unspecified atom stereocenters. The number of rotatable bonds is 4. The summed E-state index contributed by atoms with van der Waals surface area (Å²) in [4.78, 5) is 17.1. The first-order valence-electron chi connectivity index (χ1n) is 8.49. The molecule has 0 atom stereocenters. The van der Waals surface area contributed by atoms with E-state index in [1.54, 1.807) is 7.11 Å². The van der Waals surface area contributed by atoms with Crippen LogP contribution in [0, 0.1) is 0 Å². The number of amides is 1. The van der Waals surface area contributed by atoms with Gasteiger partial charge in [-0.3, -0.25) is 4.79 Å². The summed E-state index contributed by atoms with van der Waals surface area (Å²) in [7, 11) is 1.60. The summed E-state index contributed by atoms with van der Waals surface area (Å²) in [6.45, 7) is 5.36. The summed E-state index contributed by atoms with van der Waals surface area (Å²) in [5, 5.41) is 0. The van der Waals surface area contributed by atoms with Crippen LogP contribution in [0.15, 0.2) is 48.5 Å². The maximum atomic E-state index is 12.8. The van der Waals surface area contributed by atoms with Gasteiger partial charge in [0.25, 0.3) is 5.91 Å². The van der Waals surface area contributed by atoms with E-state index in [1.807, 2.05) is 29.2 Å². The van der Waals surface area contributed by atoms with Crippen LogP contribution in [0.4, 0.5) is 5.69 Å². The second-order valence-corrected chi connectivity index (χ2v) is 5.96. The summed E-state index contributed by atoms with van der Waals surface area (Å²) in [6.07, 6.45) is 1.02. The second-order valence-electron chi connectivity index (χ2n) is 5.96. The fourth-order valence-electron chi connectivity index (χ4n) is 3.26. The molecule has 126 valence electrons. The van der Waals surface area contributed by atoms with E-state index >= 15 is 0 Å². The number of methoxy groups -OCH3 is 1.